The summed E-state index contributed by atoms with van der Waals surface area (Å²) in [7, 11) is 0. The zero-order valence-corrected chi connectivity index (χ0v) is 11.3. The van der Waals surface area contributed by atoms with Gasteiger partial charge in [-0.25, -0.2) is 0 Å². The zero-order chi connectivity index (χ0) is 13.7. The number of carbonyl (C=O) groups excluding carboxylic acids is 1. The second-order valence-electron chi connectivity index (χ2n) is 5.25. The van der Waals surface area contributed by atoms with Crippen LogP contribution in [-0.4, -0.2) is 42.0 Å². The highest BCUT2D eigenvalue weighted by Gasteiger charge is 2.16. The third kappa shape index (κ3) is 3.92. The minimum absolute atomic E-state index is 0.177. The zero-order valence-electron chi connectivity index (χ0n) is 11.3. The van der Waals surface area contributed by atoms with Gasteiger partial charge in [-0.15, -0.1) is 0 Å². The number of likely N-dealkylation sites (tertiary alicyclic amines) is 1. The summed E-state index contributed by atoms with van der Waals surface area (Å²) in [6.07, 6.45) is 5.52. The predicted molar refractivity (Wildman–Crippen MR) is 74.2 cm³/mol. The SMILES string of the molecule is CC(CNC(=O)c1c[nH]ccc1=O)CN1CCCC1. The summed E-state index contributed by atoms with van der Waals surface area (Å²) >= 11 is 0. The van der Waals surface area contributed by atoms with Gasteiger partial charge in [0.25, 0.3) is 5.91 Å². The Morgan fingerprint density at radius 1 is 1.47 bits per heavy atom. The van der Waals surface area contributed by atoms with Crippen molar-refractivity contribution in [1.29, 1.82) is 0 Å². The number of nitrogens with one attached hydrogen (secondary N) is 2. The smallest absolute Gasteiger partial charge is 0.256 e. The summed E-state index contributed by atoms with van der Waals surface area (Å²) in [6, 6.07) is 1.36. The van der Waals surface area contributed by atoms with Crippen molar-refractivity contribution in [3.63, 3.8) is 0 Å². The first-order valence-corrected chi connectivity index (χ1v) is 6.84. The molecule has 0 aliphatic carbocycles. The summed E-state index contributed by atoms with van der Waals surface area (Å²) in [5, 5.41) is 2.83. The Bertz CT molecular complexity index is 478. The van der Waals surface area contributed by atoms with E-state index in [0.717, 1.165) is 19.6 Å². The van der Waals surface area contributed by atoms with Crippen LogP contribution in [0.15, 0.2) is 23.3 Å². The molecule has 1 aromatic rings. The van der Waals surface area contributed by atoms with Crippen LogP contribution in [0.5, 0.6) is 0 Å². The van der Waals surface area contributed by atoms with Crippen LogP contribution in [0.4, 0.5) is 0 Å². The second-order valence-corrected chi connectivity index (χ2v) is 5.25. The molecule has 1 aliphatic heterocycles. The minimum atomic E-state index is -0.296. The van der Waals surface area contributed by atoms with E-state index in [0.29, 0.717) is 12.5 Å². The lowest BCUT2D eigenvalue weighted by atomic mass is 10.1. The Hall–Kier alpha value is -1.62. The maximum Gasteiger partial charge on any atom is 0.256 e. The highest BCUT2D eigenvalue weighted by Crippen LogP contribution is 2.09. The maximum atomic E-state index is 11.9. The average molecular weight is 263 g/mol. The van der Waals surface area contributed by atoms with Crippen molar-refractivity contribution >= 4 is 5.91 Å². The standard InChI is InChI=1S/C14H21N3O2/c1-11(10-17-6-2-3-7-17)8-16-14(19)12-9-15-5-4-13(12)18/h4-5,9,11H,2-3,6-8,10H2,1H3,(H,15,18)(H,16,19). The second kappa shape index (κ2) is 6.52. The molecule has 1 fully saturated rings. The fraction of sp³-hybridized carbons (Fsp3) is 0.571. The quantitative estimate of drug-likeness (QED) is 0.827. The van der Waals surface area contributed by atoms with E-state index in [9.17, 15) is 9.59 Å². The van der Waals surface area contributed by atoms with E-state index in [1.165, 1.54) is 31.3 Å². The van der Waals surface area contributed by atoms with Gasteiger partial charge < -0.3 is 15.2 Å². The molecule has 1 amide bonds. The molecule has 0 radical (unpaired) electrons. The molecular weight excluding hydrogens is 242 g/mol. The predicted octanol–water partition coefficient (Wildman–Crippen LogP) is 0.837. The molecule has 0 spiro atoms. The molecule has 1 aliphatic rings. The van der Waals surface area contributed by atoms with E-state index in [4.69, 9.17) is 0 Å². The molecule has 1 atom stereocenters. The highest BCUT2D eigenvalue weighted by atomic mass is 16.2. The van der Waals surface area contributed by atoms with Gasteiger partial charge in [-0.2, -0.15) is 0 Å². The summed E-state index contributed by atoms with van der Waals surface area (Å²) < 4.78 is 0. The van der Waals surface area contributed by atoms with Crippen LogP contribution in [-0.2, 0) is 0 Å². The Kier molecular flexibility index (Phi) is 4.74. The average Bonchev–Trinajstić information content (AvgIpc) is 2.89. The molecule has 0 bridgehead atoms. The van der Waals surface area contributed by atoms with Crippen molar-refractivity contribution < 1.29 is 4.79 Å². The maximum absolute atomic E-state index is 11.9. The van der Waals surface area contributed by atoms with Crippen molar-refractivity contribution in [2.45, 2.75) is 19.8 Å². The molecule has 1 unspecified atom stereocenters. The summed E-state index contributed by atoms with van der Waals surface area (Å²) in [6.45, 7) is 6.05. The number of rotatable bonds is 5. The lowest BCUT2D eigenvalue weighted by Crippen LogP contribution is -2.36. The number of hydrogen-bond donors (Lipinski definition) is 2. The molecule has 2 N–H and O–H groups in total. The fourth-order valence-electron chi connectivity index (χ4n) is 2.43. The first-order chi connectivity index (χ1) is 9.16. The van der Waals surface area contributed by atoms with E-state index in [2.05, 4.69) is 22.1 Å². The first-order valence-electron chi connectivity index (χ1n) is 6.84. The fourth-order valence-corrected chi connectivity index (χ4v) is 2.43. The Morgan fingerprint density at radius 2 is 2.21 bits per heavy atom. The van der Waals surface area contributed by atoms with Gasteiger partial charge in [0.1, 0.15) is 5.56 Å². The number of nitrogens with zero attached hydrogens (tertiary/aromatic N) is 1. The van der Waals surface area contributed by atoms with E-state index >= 15 is 0 Å². The topological polar surface area (TPSA) is 65.2 Å². The number of aromatic amines is 1. The molecular formula is C14H21N3O2. The van der Waals surface area contributed by atoms with Gasteiger partial charge in [0.15, 0.2) is 5.43 Å². The largest absolute Gasteiger partial charge is 0.367 e. The molecule has 104 valence electrons. The molecule has 5 heteroatoms. The molecule has 2 heterocycles. The molecule has 19 heavy (non-hydrogen) atoms. The van der Waals surface area contributed by atoms with E-state index in [1.54, 1.807) is 0 Å². The summed E-state index contributed by atoms with van der Waals surface area (Å²) in [4.78, 5) is 28.5. The normalized spacial score (nSPS) is 17.3. The van der Waals surface area contributed by atoms with Crippen molar-refractivity contribution in [2.24, 2.45) is 5.92 Å². The molecule has 1 aromatic heterocycles. The van der Waals surface area contributed by atoms with E-state index in [1.807, 2.05) is 0 Å². The number of amides is 1. The van der Waals surface area contributed by atoms with Crippen LogP contribution in [0.1, 0.15) is 30.1 Å². The van der Waals surface area contributed by atoms with Crippen LogP contribution in [0, 0.1) is 5.92 Å². The van der Waals surface area contributed by atoms with Gasteiger partial charge in [0.05, 0.1) is 0 Å². The van der Waals surface area contributed by atoms with Crippen LogP contribution in [0.3, 0.4) is 0 Å². The van der Waals surface area contributed by atoms with Crippen molar-refractivity contribution in [3.05, 3.63) is 34.2 Å². The Balaban J connectivity index is 1.80. The highest BCUT2D eigenvalue weighted by molar-refractivity contribution is 5.93. The van der Waals surface area contributed by atoms with Gasteiger partial charge in [0.2, 0.25) is 0 Å². The molecule has 5 nitrogen and oxygen atoms in total. The van der Waals surface area contributed by atoms with Gasteiger partial charge >= 0.3 is 0 Å². The first kappa shape index (κ1) is 13.8. The Labute approximate surface area is 113 Å². The van der Waals surface area contributed by atoms with E-state index < -0.39 is 0 Å². The van der Waals surface area contributed by atoms with Crippen LogP contribution in [0.25, 0.3) is 0 Å². The summed E-state index contributed by atoms with van der Waals surface area (Å²) in [5.74, 6) is 0.0972. The third-order valence-corrected chi connectivity index (χ3v) is 3.45. The number of carbonyl (C=O) groups is 1. The van der Waals surface area contributed by atoms with Crippen molar-refractivity contribution in [2.75, 3.05) is 26.2 Å². The number of hydrogen-bond acceptors (Lipinski definition) is 3. The molecule has 1 saturated heterocycles. The van der Waals surface area contributed by atoms with Gasteiger partial charge in [-0.3, -0.25) is 9.59 Å². The minimum Gasteiger partial charge on any atom is -0.367 e. The Morgan fingerprint density at radius 3 is 2.89 bits per heavy atom. The van der Waals surface area contributed by atoms with Crippen molar-refractivity contribution in [1.82, 2.24) is 15.2 Å². The van der Waals surface area contributed by atoms with Gasteiger partial charge in [-0.1, -0.05) is 6.92 Å². The molecule has 2 rings (SSSR count). The molecule has 0 saturated carbocycles. The monoisotopic (exact) mass is 263 g/mol. The van der Waals surface area contributed by atoms with Gasteiger partial charge in [0, 0.05) is 31.5 Å². The summed E-state index contributed by atoms with van der Waals surface area (Å²) in [5.41, 5.74) is -0.0701. The lowest BCUT2D eigenvalue weighted by Gasteiger charge is -2.20. The van der Waals surface area contributed by atoms with Crippen LogP contribution < -0.4 is 10.7 Å². The molecule has 0 aromatic carbocycles. The van der Waals surface area contributed by atoms with Crippen LogP contribution in [0.2, 0.25) is 0 Å². The number of aromatic nitrogens is 1. The van der Waals surface area contributed by atoms with Crippen LogP contribution >= 0.6 is 0 Å². The third-order valence-electron chi connectivity index (χ3n) is 3.45. The lowest BCUT2D eigenvalue weighted by molar-refractivity contribution is 0.0943. The van der Waals surface area contributed by atoms with E-state index in [-0.39, 0.29) is 16.9 Å². The van der Waals surface area contributed by atoms with Crippen molar-refractivity contribution in [3.8, 4) is 0 Å². The number of pyridine rings is 1. The van der Waals surface area contributed by atoms with Gasteiger partial charge in [-0.05, 0) is 31.8 Å². The number of H-pyrrole nitrogens is 1.